The van der Waals surface area contributed by atoms with E-state index >= 15 is 0 Å². The highest BCUT2D eigenvalue weighted by Crippen LogP contribution is 2.29. The van der Waals surface area contributed by atoms with E-state index in [-0.39, 0.29) is 11.8 Å². The first-order valence-electron chi connectivity index (χ1n) is 9.25. The number of anilines is 1. The third kappa shape index (κ3) is 4.07. The average molecular weight is 382 g/mol. The maximum atomic E-state index is 12.4. The van der Waals surface area contributed by atoms with E-state index in [0.29, 0.717) is 35.5 Å². The molecule has 1 aliphatic heterocycles. The molecule has 28 heavy (non-hydrogen) atoms. The second kappa shape index (κ2) is 8.26. The molecule has 1 fully saturated rings. The van der Waals surface area contributed by atoms with E-state index in [4.69, 9.17) is 13.6 Å². The van der Waals surface area contributed by atoms with Gasteiger partial charge in [-0.25, -0.2) is 0 Å². The summed E-state index contributed by atoms with van der Waals surface area (Å²) in [4.78, 5) is 14.5. The molecule has 1 amide bonds. The summed E-state index contributed by atoms with van der Waals surface area (Å²) < 4.78 is 16.3. The zero-order valence-corrected chi connectivity index (χ0v) is 15.6. The molecule has 0 unspecified atom stereocenters. The first kappa shape index (κ1) is 18.2. The van der Waals surface area contributed by atoms with Crippen LogP contribution in [0.25, 0.3) is 11.7 Å². The molecule has 0 aliphatic carbocycles. The van der Waals surface area contributed by atoms with Crippen molar-refractivity contribution in [2.24, 2.45) is 0 Å². The van der Waals surface area contributed by atoms with Gasteiger partial charge in [-0.2, -0.15) is 0 Å². The zero-order valence-electron chi connectivity index (χ0n) is 15.6. The molecular weight excluding hydrogens is 360 g/mol. The van der Waals surface area contributed by atoms with Crippen molar-refractivity contribution in [3.63, 3.8) is 0 Å². The number of nitrogens with one attached hydrogen (secondary N) is 1. The van der Waals surface area contributed by atoms with E-state index in [1.807, 2.05) is 24.3 Å². The maximum Gasteiger partial charge on any atom is 0.283 e. The highest BCUT2D eigenvalue weighted by Gasteiger charge is 2.26. The first-order valence-corrected chi connectivity index (χ1v) is 9.25. The van der Waals surface area contributed by atoms with Crippen molar-refractivity contribution in [1.82, 2.24) is 15.1 Å². The Labute approximate surface area is 162 Å². The fraction of sp³-hybridized carbons (Fsp3) is 0.350. The summed E-state index contributed by atoms with van der Waals surface area (Å²) in [6, 6.07) is 11.0. The molecule has 4 rings (SSSR count). The van der Waals surface area contributed by atoms with Crippen molar-refractivity contribution in [1.29, 1.82) is 0 Å². The van der Waals surface area contributed by atoms with Crippen LogP contribution in [0.3, 0.4) is 0 Å². The van der Waals surface area contributed by atoms with E-state index < -0.39 is 0 Å². The fourth-order valence-electron chi connectivity index (χ4n) is 3.38. The third-order valence-electron chi connectivity index (χ3n) is 4.86. The SMILES string of the molecule is COc1ccccc1NC(=O)CN1CCC(c2nnc(-c3ccco3)o2)CC1. The molecular formula is C20H22N4O4. The Balaban J connectivity index is 1.29. The number of ether oxygens (including phenoxy) is 1. The number of piperidine rings is 1. The number of aromatic nitrogens is 2. The number of nitrogens with zero attached hydrogens (tertiary/aromatic N) is 3. The number of amides is 1. The maximum absolute atomic E-state index is 12.4. The van der Waals surface area contributed by atoms with Crippen LogP contribution in [0.2, 0.25) is 0 Å². The molecule has 1 aliphatic rings. The lowest BCUT2D eigenvalue weighted by molar-refractivity contribution is -0.117. The summed E-state index contributed by atoms with van der Waals surface area (Å²) >= 11 is 0. The Morgan fingerprint density at radius 2 is 2.04 bits per heavy atom. The van der Waals surface area contributed by atoms with Crippen LogP contribution in [0, 0.1) is 0 Å². The third-order valence-corrected chi connectivity index (χ3v) is 4.86. The van der Waals surface area contributed by atoms with Crippen molar-refractivity contribution in [3.8, 4) is 17.4 Å². The molecule has 0 spiro atoms. The summed E-state index contributed by atoms with van der Waals surface area (Å²) in [6.45, 7) is 1.93. The molecule has 146 valence electrons. The molecule has 0 radical (unpaired) electrons. The van der Waals surface area contributed by atoms with Gasteiger partial charge in [0, 0.05) is 5.92 Å². The molecule has 1 aromatic carbocycles. The van der Waals surface area contributed by atoms with E-state index in [9.17, 15) is 4.79 Å². The Morgan fingerprint density at radius 1 is 1.21 bits per heavy atom. The minimum Gasteiger partial charge on any atom is -0.495 e. The summed E-state index contributed by atoms with van der Waals surface area (Å²) in [5.74, 6) is 2.40. The average Bonchev–Trinajstić information content (AvgIpc) is 3.41. The van der Waals surface area contributed by atoms with Crippen LogP contribution in [-0.2, 0) is 4.79 Å². The van der Waals surface area contributed by atoms with Gasteiger partial charge in [-0.15, -0.1) is 10.2 Å². The van der Waals surface area contributed by atoms with Crippen LogP contribution in [0.4, 0.5) is 5.69 Å². The molecule has 3 heterocycles. The number of para-hydroxylation sites is 2. The van der Waals surface area contributed by atoms with Gasteiger partial charge in [-0.3, -0.25) is 9.69 Å². The smallest absolute Gasteiger partial charge is 0.283 e. The lowest BCUT2D eigenvalue weighted by Crippen LogP contribution is -2.38. The molecule has 0 bridgehead atoms. The minimum atomic E-state index is -0.0548. The van der Waals surface area contributed by atoms with E-state index in [2.05, 4.69) is 20.4 Å². The number of benzene rings is 1. The van der Waals surface area contributed by atoms with Gasteiger partial charge in [-0.1, -0.05) is 12.1 Å². The number of hydrogen-bond donors (Lipinski definition) is 1. The molecule has 8 heteroatoms. The molecule has 2 aromatic heterocycles. The number of furan rings is 1. The second-order valence-corrected chi connectivity index (χ2v) is 6.72. The number of hydrogen-bond acceptors (Lipinski definition) is 7. The Bertz CT molecular complexity index is 914. The van der Waals surface area contributed by atoms with Gasteiger partial charge in [0.05, 0.1) is 25.6 Å². The highest BCUT2D eigenvalue weighted by molar-refractivity contribution is 5.93. The van der Waals surface area contributed by atoms with Crippen LogP contribution < -0.4 is 10.1 Å². The fourth-order valence-corrected chi connectivity index (χ4v) is 3.38. The molecule has 0 saturated carbocycles. The van der Waals surface area contributed by atoms with E-state index in [1.54, 1.807) is 25.5 Å². The van der Waals surface area contributed by atoms with Crippen LogP contribution in [-0.4, -0.2) is 47.7 Å². The standard InChI is InChI=1S/C20H22N4O4/c1-26-16-6-3-2-5-15(16)21-18(25)13-24-10-8-14(9-11-24)19-22-23-20(28-19)17-7-4-12-27-17/h2-7,12,14H,8-11,13H2,1H3,(H,21,25). The Hall–Kier alpha value is -3.13. The van der Waals surface area contributed by atoms with Gasteiger partial charge in [0.25, 0.3) is 5.89 Å². The Morgan fingerprint density at radius 3 is 2.79 bits per heavy atom. The van der Waals surface area contributed by atoms with Crippen molar-refractivity contribution >= 4 is 11.6 Å². The van der Waals surface area contributed by atoms with Crippen molar-refractivity contribution in [3.05, 3.63) is 48.6 Å². The number of carbonyl (C=O) groups is 1. The highest BCUT2D eigenvalue weighted by atomic mass is 16.5. The van der Waals surface area contributed by atoms with Gasteiger partial charge in [0.2, 0.25) is 11.8 Å². The van der Waals surface area contributed by atoms with Crippen molar-refractivity contribution < 1.29 is 18.4 Å². The van der Waals surface area contributed by atoms with Gasteiger partial charge in [0.15, 0.2) is 5.76 Å². The lowest BCUT2D eigenvalue weighted by Gasteiger charge is -2.29. The quantitative estimate of drug-likeness (QED) is 0.700. The van der Waals surface area contributed by atoms with Crippen LogP contribution in [0.5, 0.6) is 5.75 Å². The predicted molar refractivity (Wildman–Crippen MR) is 102 cm³/mol. The number of carbonyl (C=O) groups excluding carboxylic acids is 1. The zero-order chi connectivity index (χ0) is 19.3. The number of likely N-dealkylation sites (tertiary alicyclic amines) is 1. The molecule has 8 nitrogen and oxygen atoms in total. The van der Waals surface area contributed by atoms with Crippen LogP contribution in [0.1, 0.15) is 24.7 Å². The van der Waals surface area contributed by atoms with Crippen LogP contribution >= 0.6 is 0 Å². The van der Waals surface area contributed by atoms with E-state index in [0.717, 1.165) is 25.9 Å². The summed E-state index contributed by atoms with van der Waals surface area (Å²) in [6.07, 6.45) is 3.30. The summed E-state index contributed by atoms with van der Waals surface area (Å²) in [5.41, 5.74) is 0.682. The monoisotopic (exact) mass is 382 g/mol. The molecule has 3 aromatic rings. The number of rotatable bonds is 6. The van der Waals surface area contributed by atoms with Gasteiger partial charge >= 0.3 is 0 Å². The minimum absolute atomic E-state index is 0.0548. The topological polar surface area (TPSA) is 93.6 Å². The van der Waals surface area contributed by atoms with Gasteiger partial charge in [0.1, 0.15) is 5.75 Å². The normalized spacial score (nSPS) is 15.5. The van der Waals surface area contributed by atoms with Gasteiger partial charge < -0.3 is 18.9 Å². The second-order valence-electron chi connectivity index (χ2n) is 6.72. The summed E-state index contributed by atoms with van der Waals surface area (Å²) in [7, 11) is 1.59. The van der Waals surface area contributed by atoms with Crippen LogP contribution in [0.15, 0.2) is 51.5 Å². The lowest BCUT2D eigenvalue weighted by atomic mass is 9.97. The van der Waals surface area contributed by atoms with E-state index in [1.165, 1.54) is 0 Å². The molecule has 1 N–H and O–H groups in total. The molecule has 0 atom stereocenters. The van der Waals surface area contributed by atoms with Gasteiger partial charge in [-0.05, 0) is 50.2 Å². The van der Waals surface area contributed by atoms with Crippen molar-refractivity contribution in [2.75, 3.05) is 32.1 Å². The van der Waals surface area contributed by atoms with Crippen molar-refractivity contribution in [2.45, 2.75) is 18.8 Å². The first-order chi connectivity index (χ1) is 13.7. The number of methoxy groups -OCH3 is 1. The predicted octanol–water partition coefficient (Wildman–Crippen LogP) is 3.16. The summed E-state index contributed by atoms with van der Waals surface area (Å²) in [5, 5.41) is 11.1. The largest absolute Gasteiger partial charge is 0.495 e. The Kier molecular flexibility index (Phi) is 5.38. The molecule has 1 saturated heterocycles.